The average Bonchev–Trinajstić information content (AvgIpc) is 2.90. The van der Waals surface area contributed by atoms with Crippen LogP contribution in [-0.2, 0) is 16.6 Å². The van der Waals surface area contributed by atoms with Gasteiger partial charge in [0, 0.05) is 71.3 Å². The lowest BCUT2D eigenvalue weighted by Gasteiger charge is -2.32. The number of nitrogens with zero attached hydrogens (tertiary/aromatic N) is 7. The molecular formula is C26H36N7O2PS. The summed E-state index contributed by atoms with van der Waals surface area (Å²) in [5, 5.41) is 0. The summed E-state index contributed by atoms with van der Waals surface area (Å²) in [6.45, 7) is 7.23. The van der Waals surface area contributed by atoms with Gasteiger partial charge in [-0.3, -0.25) is 9.57 Å². The van der Waals surface area contributed by atoms with E-state index in [2.05, 4.69) is 55.5 Å². The SMILES string of the molecule is Cc1cnc(N(P)c2ccc(CN3CCN(C)CC3)cc2)nc1N(C)c1ccccc1S(=O)(=O)N(C)C. The molecule has 2 heterocycles. The van der Waals surface area contributed by atoms with Crippen LogP contribution in [-0.4, -0.2) is 86.9 Å². The zero-order valence-electron chi connectivity index (χ0n) is 22.2. The van der Waals surface area contributed by atoms with Crippen LogP contribution >= 0.6 is 9.39 Å². The number of aromatic nitrogens is 2. The second-order valence-corrected chi connectivity index (χ2v) is 12.2. The summed E-state index contributed by atoms with van der Waals surface area (Å²) in [7, 11) is 6.11. The summed E-state index contributed by atoms with van der Waals surface area (Å²) in [6, 6.07) is 15.4. The molecule has 1 atom stereocenters. The number of piperazine rings is 1. The third kappa shape index (κ3) is 6.10. The zero-order valence-corrected chi connectivity index (χ0v) is 24.1. The topological polar surface area (TPSA) is 76.1 Å². The molecule has 2 aromatic carbocycles. The molecule has 1 saturated heterocycles. The Morgan fingerprint density at radius 2 is 1.62 bits per heavy atom. The van der Waals surface area contributed by atoms with Crippen LogP contribution in [0.25, 0.3) is 0 Å². The summed E-state index contributed by atoms with van der Waals surface area (Å²) < 4.78 is 29.0. The molecule has 0 radical (unpaired) electrons. The summed E-state index contributed by atoms with van der Waals surface area (Å²) in [4.78, 5) is 16.2. The standard InChI is InChI=1S/C26H36N7O2PS/c1-20-18-27-26(28-25(20)31(5)23-8-6-7-9-24(23)37(34,35)29(2)3)33(36)22-12-10-21(11-13-22)19-32-16-14-30(4)15-17-32/h6-13,18H,14-17,19,36H2,1-5H3. The highest BCUT2D eigenvalue weighted by molar-refractivity contribution is 7.89. The predicted molar refractivity (Wildman–Crippen MR) is 153 cm³/mol. The van der Waals surface area contributed by atoms with Gasteiger partial charge in [0.2, 0.25) is 16.0 Å². The Morgan fingerprint density at radius 3 is 2.27 bits per heavy atom. The molecule has 198 valence electrons. The third-order valence-corrected chi connectivity index (χ3v) is 9.06. The molecule has 9 nitrogen and oxygen atoms in total. The van der Waals surface area contributed by atoms with Crippen LogP contribution in [0.4, 0.5) is 23.1 Å². The van der Waals surface area contributed by atoms with E-state index in [1.165, 1.54) is 24.0 Å². The molecule has 1 aliphatic heterocycles. The molecule has 3 aromatic rings. The van der Waals surface area contributed by atoms with Gasteiger partial charge in [-0.1, -0.05) is 24.3 Å². The van der Waals surface area contributed by atoms with Gasteiger partial charge in [-0.05, 0) is 53.2 Å². The molecular weight excluding hydrogens is 505 g/mol. The second kappa shape index (κ2) is 11.4. The summed E-state index contributed by atoms with van der Waals surface area (Å²) >= 11 is 0. The van der Waals surface area contributed by atoms with Crippen molar-refractivity contribution in [3.8, 4) is 0 Å². The molecule has 1 aromatic heterocycles. The molecule has 11 heteroatoms. The molecule has 37 heavy (non-hydrogen) atoms. The Hall–Kier alpha value is -2.62. The Kier molecular flexibility index (Phi) is 8.46. The largest absolute Gasteiger partial charge is 0.328 e. The average molecular weight is 542 g/mol. The maximum atomic E-state index is 13.0. The zero-order chi connectivity index (χ0) is 26.7. The van der Waals surface area contributed by atoms with Crippen LogP contribution < -0.4 is 9.57 Å². The van der Waals surface area contributed by atoms with Gasteiger partial charge < -0.3 is 9.80 Å². The summed E-state index contributed by atoms with van der Waals surface area (Å²) in [6.07, 6.45) is 1.76. The van der Waals surface area contributed by atoms with Crippen molar-refractivity contribution < 1.29 is 8.42 Å². The normalized spacial score (nSPS) is 15.2. The number of para-hydroxylation sites is 1. The van der Waals surface area contributed by atoms with Crippen LogP contribution in [0.3, 0.4) is 0 Å². The highest BCUT2D eigenvalue weighted by Crippen LogP contribution is 2.34. The smallest absolute Gasteiger partial charge is 0.244 e. The van der Waals surface area contributed by atoms with E-state index >= 15 is 0 Å². The van der Waals surface area contributed by atoms with Crippen molar-refractivity contribution >= 4 is 42.6 Å². The minimum Gasteiger partial charge on any atom is -0.328 e. The first-order valence-electron chi connectivity index (χ1n) is 12.2. The Morgan fingerprint density at radius 1 is 0.973 bits per heavy atom. The highest BCUT2D eigenvalue weighted by atomic mass is 32.2. The third-order valence-electron chi connectivity index (χ3n) is 6.67. The number of hydrogen-bond donors (Lipinski definition) is 0. The van der Waals surface area contributed by atoms with Crippen LogP contribution in [0.2, 0.25) is 0 Å². The van der Waals surface area contributed by atoms with Crippen molar-refractivity contribution in [2.75, 3.05) is 63.9 Å². The lowest BCUT2D eigenvalue weighted by atomic mass is 10.2. The Bertz CT molecular complexity index is 1330. The maximum Gasteiger partial charge on any atom is 0.244 e. The fraction of sp³-hybridized carbons (Fsp3) is 0.385. The Balaban J connectivity index is 1.56. The van der Waals surface area contributed by atoms with E-state index in [4.69, 9.17) is 4.98 Å². The second-order valence-electron chi connectivity index (χ2n) is 9.61. The molecule has 0 aliphatic carbocycles. The molecule has 0 bridgehead atoms. The molecule has 0 saturated carbocycles. The molecule has 0 N–H and O–H groups in total. The van der Waals surface area contributed by atoms with Crippen molar-refractivity contribution in [1.29, 1.82) is 0 Å². The molecule has 4 rings (SSSR count). The van der Waals surface area contributed by atoms with Crippen molar-refractivity contribution in [3.05, 3.63) is 65.9 Å². The number of anilines is 4. The number of likely N-dealkylation sites (N-methyl/N-ethyl adjacent to an activating group) is 1. The van der Waals surface area contributed by atoms with Gasteiger partial charge in [-0.15, -0.1) is 0 Å². The number of sulfonamides is 1. The number of benzene rings is 2. The first-order valence-corrected chi connectivity index (χ1v) is 14.2. The molecule has 0 amide bonds. The Labute approximate surface area is 223 Å². The minimum absolute atomic E-state index is 0.223. The molecule has 1 fully saturated rings. The first kappa shape index (κ1) is 27.4. The van der Waals surface area contributed by atoms with Crippen LogP contribution in [0, 0.1) is 6.92 Å². The van der Waals surface area contributed by atoms with E-state index in [0.717, 1.165) is 44.0 Å². The number of hydrogen-bond acceptors (Lipinski definition) is 8. The van der Waals surface area contributed by atoms with E-state index in [9.17, 15) is 8.42 Å². The quantitative estimate of drug-likeness (QED) is 0.402. The molecule has 1 aliphatic rings. The van der Waals surface area contributed by atoms with Gasteiger partial charge >= 0.3 is 0 Å². The van der Waals surface area contributed by atoms with Crippen molar-refractivity contribution in [1.82, 2.24) is 24.1 Å². The van der Waals surface area contributed by atoms with Crippen LogP contribution in [0.1, 0.15) is 11.1 Å². The van der Waals surface area contributed by atoms with Gasteiger partial charge in [-0.25, -0.2) is 17.7 Å². The van der Waals surface area contributed by atoms with Gasteiger partial charge in [-0.2, -0.15) is 4.98 Å². The van der Waals surface area contributed by atoms with Gasteiger partial charge in [0.1, 0.15) is 10.7 Å². The molecule has 0 spiro atoms. The van der Waals surface area contributed by atoms with Crippen LogP contribution in [0.15, 0.2) is 59.6 Å². The van der Waals surface area contributed by atoms with Crippen LogP contribution in [0.5, 0.6) is 0 Å². The first-order chi connectivity index (χ1) is 17.6. The van der Waals surface area contributed by atoms with Crippen molar-refractivity contribution in [2.45, 2.75) is 18.4 Å². The fourth-order valence-electron chi connectivity index (χ4n) is 4.28. The van der Waals surface area contributed by atoms with Crippen molar-refractivity contribution in [3.63, 3.8) is 0 Å². The van der Waals surface area contributed by atoms with E-state index < -0.39 is 10.0 Å². The summed E-state index contributed by atoms with van der Waals surface area (Å²) in [5.74, 6) is 1.13. The van der Waals surface area contributed by atoms with Gasteiger partial charge in [0.15, 0.2) is 0 Å². The lowest BCUT2D eigenvalue weighted by Crippen LogP contribution is -2.43. The van der Waals surface area contributed by atoms with E-state index in [1.807, 2.05) is 24.7 Å². The summed E-state index contributed by atoms with van der Waals surface area (Å²) in [5.41, 5.74) is 3.60. The van der Waals surface area contributed by atoms with E-state index in [0.29, 0.717) is 17.5 Å². The minimum atomic E-state index is -3.63. The monoisotopic (exact) mass is 541 g/mol. The highest BCUT2D eigenvalue weighted by Gasteiger charge is 2.24. The number of aryl methyl sites for hydroxylation is 1. The van der Waals surface area contributed by atoms with E-state index in [1.54, 1.807) is 29.3 Å². The lowest BCUT2D eigenvalue weighted by molar-refractivity contribution is 0.148. The van der Waals surface area contributed by atoms with Crippen molar-refractivity contribution in [2.24, 2.45) is 0 Å². The molecule has 1 unspecified atom stereocenters. The fourth-order valence-corrected chi connectivity index (χ4v) is 5.69. The predicted octanol–water partition coefficient (Wildman–Crippen LogP) is 3.48. The number of rotatable bonds is 8. The van der Waals surface area contributed by atoms with Gasteiger partial charge in [0.25, 0.3) is 0 Å². The maximum absolute atomic E-state index is 13.0. The van der Waals surface area contributed by atoms with E-state index in [-0.39, 0.29) is 4.90 Å². The van der Waals surface area contributed by atoms with Gasteiger partial charge in [0.05, 0.1) is 5.69 Å².